The summed E-state index contributed by atoms with van der Waals surface area (Å²) >= 11 is 0. The van der Waals surface area contributed by atoms with Crippen LogP contribution in [0.15, 0.2) is 48.5 Å². The highest BCUT2D eigenvalue weighted by atomic mass is 15.5. The van der Waals surface area contributed by atoms with E-state index in [1.807, 2.05) is 36.4 Å². The van der Waals surface area contributed by atoms with E-state index in [4.69, 9.17) is 5.26 Å². The first-order valence-corrected chi connectivity index (χ1v) is 5.19. The first-order valence-electron chi connectivity index (χ1n) is 5.19. The van der Waals surface area contributed by atoms with Gasteiger partial charge in [0.05, 0.1) is 17.3 Å². The lowest BCUT2D eigenvalue weighted by Gasteiger charge is -1.97. The third-order valence-corrected chi connectivity index (χ3v) is 2.51. The largest absolute Gasteiger partial charge is 0.192 e. The molecule has 0 aliphatic rings. The second-order valence-electron chi connectivity index (χ2n) is 3.64. The third kappa shape index (κ3) is 1.64. The number of benzene rings is 2. The van der Waals surface area contributed by atoms with Crippen LogP contribution in [0.5, 0.6) is 0 Å². The second-order valence-corrected chi connectivity index (χ2v) is 3.64. The Labute approximate surface area is 97.7 Å². The predicted octanol–water partition coefficient (Wildman–Crippen LogP) is 2.29. The van der Waals surface area contributed by atoms with Crippen LogP contribution < -0.4 is 0 Å². The van der Waals surface area contributed by atoms with E-state index in [2.05, 4.69) is 16.3 Å². The van der Waals surface area contributed by atoms with Crippen molar-refractivity contribution in [2.24, 2.45) is 0 Å². The van der Waals surface area contributed by atoms with Crippen LogP contribution in [0.4, 0.5) is 0 Å². The van der Waals surface area contributed by atoms with Crippen molar-refractivity contribution in [3.63, 3.8) is 0 Å². The van der Waals surface area contributed by atoms with Gasteiger partial charge in [0, 0.05) is 0 Å². The number of nitriles is 1. The lowest BCUT2D eigenvalue weighted by atomic mass is 10.2. The average Bonchev–Trinajstić information content (AvgIpc) is 2.82. The molecule has 0 aliphatic carbocycles. The monoisotopic (exact) mass is 220 g/mol. The minimum Gasteiger partial charge on any atom is -0.192 e. The molecule has 3 aromatic rings. The molecule has 0 bridgehead atoms. The zero-order valence-electron chi connectivity index (χ0n) is 8.91. The van der Waals surface area contributed by atoms with E-state index in [-0.39, 0.29) is 0 Å². The van der Waals surface area contributed by atoms with E-state index >= 15 is 0 Å². The molecule has 4 nitrogen and oxygen atoms in total. The Kier molecular flexibility index (Phi) is 2.09. The summed E-state index contributed by atoms with van der Waals surface area (Å²) in [6.07, 6.45) is 0. The topological polar surface area (TPSA) is 54.5 Å². The van der Waals surface area contributed by atoms with Crippen LogP contribution in [-0.2, 0) is 0 Å². The molecule has 0 unspecified atom stereocenters. The van der Waals surface area contributed by atoms with Gasteiger partial charge < -0.3 is 0 Å². The van der Waals surface area contributed by atoms with Gasteiger partial charge >= 0.3 is 0 Å². The molecule has 2 aromatic carbocycles. The Morgan fingerprint density at radius 3 is 2.00 bits per heavy atom. The third-order valence-electron chi connectivity index (χ3n) is 2.51. The zero-order chi connectivity index (χ0) is 11.7. The lowest BCUT2D eigenvalue weighted by Crippen LogP contribution is -1.97. The summed E-state index contributed by atoms with van der Waals surface area (Å²) in [4.78, 5) is 1.58. The first-order chi connectivity index (χ1) is 8.36. The fourth-order valence-corrected chi connectivity index (χ4v) is 1.64. The molecule has 0 aliphatic heterocycles. The maximum atomic E-state index is 8.73. The molecule has 0 saturated carbocycles. The smallest absolute Gasteiger partial charge is 0.113 e. The van der Waals surface area contributed by atoms with Gasteiger partial charge in [-0.05, 0) is 36.4 Å². The van der Waals surface area contributed by atoms with E-state index < -0.39 is 0 Å². The van der Waals surface area contributed by atoms with Gasteiger partial charge in [-0.25, -0.2) is 0 Å². The standard InChI is InChI=1S/C13H8N4/c14-9-10-5-7-11(8-6-10)17-15-12-3-1-2-4-13(12)16-17/h1-8H. The van der Waals surface area contributed by atoms with Crippen LogP contribution in [0.3, 0.4) is 0 Å². The fourth-order valence-electron chi connectivity index (χ4n) is 1.64. The molecule has 0 amide bonds. The Hall–Kier alpha value is -2.67. The number of fused-ring (bicyclic) bond motifs is 1. The Balaban J connectivity index is 2.11. The molecule has 0 saturated heterocycles. The van der Waals surface area contributed by atoms with E-state index in [0.717, 1.165) is 16.7 Å². The summed E-state index contributed by atoms with van der Waals surface area (Å²) in [5.41, 5.74) is 3.19. The van der Waals surface area contributed by atoms with Crippen molar-refractivity contribution >= 4 is 11.0 Å². The van der Waals surface area contributed by atoms with Crippen LogP contribution in [0.2, 0.25) is 0 Å². The minimum absolute atomic E-state index is 0.630. The van der Waals surface area contributed by atoms with Gasteiger partial charge in [-0.15, -0.1) is 10.2 Å². The quantitative estimate of drug-likeness (QED) is 0.632. The molecule has 17 heavy (non-hydrogen) atoms. The highest BCUT2D eigenvalue weighted by Crippen LogP contribution is 2.12. The van der Waals surface area contributed by atoms with Crippen molar-refractivity contribution in [2.75, 3.05) is 0 Å². The normalized spacial score (nSPS) is 10.3. The summed E-state index contributed by atoms with van der Waals surface area (Å²) in [7, 11) is 0. The Morgan fingerprint density at radius 1 is 0.882 bits per heavy atom. The van der Waals surface area contributed by atoms with Gasteiger partial charge in [-0.1, -0.05) is 12.1 Å². The molecule has 1 heterocycles. The second kappa shape index (κ2) is 3.72. The van der Waals surface area contributed by atoms with Crippen molar-refractivity contribution < 1.29 is 0 Å². The molecule has 0 spiro atoms. The van der Waals surface area contributed by atoms with Crippen LogP contribution in [0, 0.1) is 11.3 Å². The first kappa shape index (κ1) is 9.55. The molecule has 0 fully saturated rings. The van der Waals surface area contributed by atoms with Crippen LogP contribution in [0.25, 0.3) is 16.7 Å². The molecule has 4 heteroatoms. The van der Waals surface area contributed by atoms with Gasteiger partial charge in [0.25, 0.3) is 0 Å². The van der Waals surface area contributed by atoms with Gasteiger partial charge in [-0.2, -0.15) is 10.1 Å². The van der Waals surface area contributed by atoms with Gasteiger partial charge in [-0.3, -0.25) is 0 Å². The molecular formula is C13H8N4. The molecule has 1 aromatic heterocycles. The van der Waals surface area contributed by atoms with Crippen LogP contribution >= 0.6 is 0 Å². The molecular weight excluding hydrogens is 212 g/mol. The summed E-state index contributed by atoms with van der Waals surface area (Å²) < 4.78 is 0. The minimum atomic E-state index is 0.630. The van der Waals surface area contributed by atoms with Crippen molar-refractivity contribution in [1.82, 2.24) is 15.0 Å². The van der Waals surface area contributed by atoms with E-state index in [0.29, 0.717) is 5.56 Å². The van der Waals surface area contributed by atoms with E-state index in [1.165, 1.54) is 0 Å². The number of aromatic nitrogens is 3. The molecule has 0 radical (unpaired) electrons. The van der Waals surface area contributed by atoms with Crippen LogP contribution in [0.1, 0.15) is 5.56 Å². The fraction of sp³-hybridized carbons (Fsp3) is 0. The molecule has 3 rings (SSSR count). The number of hydrogen-bond acceptors (Lipinski definition) is 3. The van der Waals surface area contributed by atoms with Gasteiger partial charge in [0.1, 0.15) is 11.0 Å². The lowest BCUT2D eigenvalue weighted by molar-refractivity contribution is 0.765. The number of nitrogens with zero attached hydrogens (tertiary/aromatic N) is 4. The SMILES string of the molecule is N#Cc1ccc(-n2nc3ccccc3n2)cc1. The summed E-state index contributed by atoms with van der Waals surface area (Å²) in [5.74, 6) is 0. The zero-order valence-corrected chi connectivity index (χ0v) is 8.91. The van der Waals surface area contributed by atoms with E-state index in [9.17, 15) is 0 Å². The number of rotatable bonds is 1. The predicted molar refractivity (Wildman–Crippen MR) is 63.6 cm³/mol. The van der Waals surface area contributed by atoms with Crippen molar-refractivity contribution in [2.45, 2.75) is 0 Å². The van der Waals surface area contributed by atoms with Gasteiger partial charge in [0.2, 0.25) is 0 Å². The van der Waals surface area contributed by atoms with Crippen LogP contribution in [-0.4, -0.2) is 15.0 Å². The highest BCUT2D eigenvalue weighted by molar-refractivity contribution is 5.73. The number of hydrogen-bond donors (Lipinski definition) is 0. The summed E-state index contributed by atoms with van der Waals surface area (Å²) in [5, 5.41) is 17.4. The Morgan fingerprint density at radius 2 is 1.47 bits per heavy atom. The maximum absolute atomic E-state index is 8.73. The Bertz CT molecular complexity index is 671. The summed E-state index contributed by atoms with van der Waals surface area (Å²) in [6, 6.07) is 17.0. The molecule has 80 valence electrons. The van der Waals surface area contributed by atoms with E-state index in [1.54, 1.807) is 16.9 Å². The summed E-state index contributed by atoms with van der Waals surface area (Å²) in [6.45, 7) is 0. The highest BCUT2D eigenvalue weighted by Gasteiger charge is 2.03. The van der Waals surface area contributed by atoms with Crippen molar-refractivity contribution in [3.05, 3.63) is 54.1 Å². The average molecular weight is 220 g/mol. The van der Waals surface area contributed by atoms with Crippen molar-refractivity contribution in [3.8, 4) is 11.8 Å². The molecule has 0 N–H and O–H groups in total. The maximum Gasteiger partial charge on any atom is 0.113 e. The molecule has 0 atom stereocenters. The van der Waals surface area contributed by atoms with Gasteiger partial charge in [0.15, 0.2) is 0 Å². The van der Waals surface area contributed by atoms with Crippen molar-refractivity contribution in [1.29, 1.82) is 5.26 Å².